The second-order valence-electron chi connectivity index (χ2n) is 7.09. The van der Waals surface area contributed by atoms with E-state index >= 15 is 0 Å². The van der Waals surface area contributed by atoms with E-state index in [0.29, 0.717) is 17.7 Å². The highest BCUT2D eigenvalue weighted by molar-refractivity contribution is 6.12. The lowest BCUT2D eigenvalue weighted by Gasteiger charge is -2.28. The van der Waals surface area contributed by atoms with Gasteiger partial charge >= 0.3 is 0 Å². The van der Waals surface area contributed by atoms with Gasteiger partial charge in [-0.05, 0) is 49.4 Å². The third kappa shape index (κ3) is 2.85. The summed E-state index contributed by atoms with van der Waals surface area (Å²) in [6.45, 7) is 3.32. The maximum absolute atomic E-state index is 11.6. The van der Waals surface area contributed by atoms with Crippen molar-refractivity contribution >= 4 is 39.5 Å². The molecule has 1 aliphatic carbocycles. The van der Waals surface area contributed by atoms with Crippen LogP contribution in [0.15, 0.2) is 24.0 Å². The lowest BCUT2D eigenvalue weighted by molar-refractivity contribution is -0.119. The van der Waals surface area contributed by atoms with Gasteiger partial charge in [0.15, 0.2) is 0 Å². The number of benzene rings is 1. The summed E-state index contributed by atoms with van der Waals surface area (Å²) in [5.41, 5.74) is 12.1. The van der Waals surface area contributed by atoms with E-state index in [1.54, 1.807) is 6.92 Å². The highest BCUT2D eigenvalue weighted by Gasteiger charge is 2.27. The van der Waals surface area contributed by atoms with Crippen molar-refractivity contribution in [3.05, 3.63) is 40.8 Å². The van der Waals surface area contributed by atoms with Gasteiger partial charge in [-0.15, -0.1) is 0 Å². The Morgan fingerprint density at radius 3 is 2.89 bits per heavy atom. The summed E-state index contributed by atoms with van der Waals surface area (Å²) in [6, 6.07) is 4.01. The van der Waals surface area contributed by atoms with Crippen LogP contribution in [-0.4, -0.2) is 33.3 Å². The van der Waals surface area contributed by atoms with Crippen molar-refractivity contribution in [2.24, 2.45) is 5.73 Å². The third-order valence-electron chi connectivity index (χ3n) is 5.21. The molecule has 1 atom stereocenters. The highest BCUT2D eigenvalue weighted by atomic mass is 16.1. The van der Waals surface area contributed by atoms with Gasteiger partial charge in [0, 0.05) is 41.2 Å². The standard InChI is InChI=1S/C20H22N6O/c1-10(22)15(8-21)20-14-7-12(24-11(2)27)3-4-13(14)19-16-9-23-26-17(16)5-6-18(19)25-20/h5-6,8-9,12,21H,3-4,7,22H2,1-2H3,(H,23,26)(H,24,27). The molecule has 1 amide bonds. The number of nitrogens with zero attached hydrogens (tertiary/aromatic N) is 2. The van der Waals surface area contributed by atoms with E-state index in [-0.39, 0.29) is 11.9 Å². The van der Waals surface area contributed by atoms with Crippen molar-refractivity contribution < 1.29 is 4.79 Å². The van der Waals surface area contributed by atoms with Crippen LogP contribution in [-0.2, 0) is 17.6 Å². The first-order chi connectivity index (χ1) is 13.0. The minimum absolute atomic E-state index is 0.0335. The fourth-order valence-electron chi connectivity index (χ4n) is 4.06. The molecule has 0 fully saturated rings. The van der Waals surface area contributed by atoms with E-state index in [9.17, 15) is 4.79 Å². The van der Waals surface area contributed by atoms with Gasteiger partial charge in [0.1, 0.15) is 0 Å². The monoisotopic (exact) mass is 362 g/mol. The summed E-state index contributed by atoms with van der Waals surface area (Å²) in [6.07, 6.45) is 5.46. The number of fused-ring (bicyclic) bond motifs is 5. The number of nitrogens with two attached hydrogens (primary N) is 1. The lowest BCUT2D eigenvalue weighted by atomic mass is 9.83. The van der Waals surface area contributed by atoms with Crippen molar-refractivity contribution in [1.29, 1.82) is 5.41 Å². The molecule has 27 heavy (non-hydrogen) atoms. The molecule has 3 aromatic rings. The number of aromatic amines is 1. The Morgan fingerprint density at radius 2 is 2.19 bits per heavy atom. The second kappa shape index (κ2) is 6.50. The van der Waals surface area contributed by atoms with Crippen molar-refractivity contribution in [2.45, 2.75) is 39.2 Å². The van der Waals surface area contributed by atoms with E-state index in [0.717, 1.165) is 45.9 Å². The number of pyridine rings is 1. The quantitative estimate of drug-likeness (QED) is 0.535. The van der Waals surface area contributed by atoms with Crippen LogP contribution in [0, 0.1) is 5.41 Å². The van der Waals surface area contributed by atoms with Gasteiger partial charge in [0.2, 0.25) is 5.91 Å². The smallest absolute Gasteiger partial charge is 0.217 e. The molecule has 4 rings (SSSR count). The molecule has 1 unspecified atom stereocenters. The first kappa shape index (κ1) is 17.2. The number of allylic oxidation sites excluding steroid dienone is 2. The molecular weight excluding hydrogens is 340 g/mol. The number of carbonyl (C=O) groups is 1. The van der Waals surface area contributed by atoms with Crippen molar-refractivity contribution in [3.8, 4) is 0 Å². The molecule has 1 aliphatic rings. The molecule has 2 aromatic heterocycles. The number of H-pyrrole nitrogens is 1. The topological polar surface area (TPSA) is 121 Å². The van der Waals surface area contributed by atoms with Gasteiger partial charge in [0.05, 0.1) is 22.9 Å². The van der Waals surface area contributed by atoms with Gasteiger partial charge in [0.25, 0.3) is 0 Å². The Kier molecular flexibility index (Phi) is 4.14. The number of carbonyl (C=O) groups excluding carboxylic acids is 1. The third-order valence-corrected chi connectivity index (χ3v) is 5.21. The van der Waals surface area contributed by atoms with Gasteiger partial charge in [-0.2, -0.15) is 5.10 Å². The Bertz CT molecular complexity index is 1110. The molecule has 0 spiro atoms. The van der Waals surface area contributed by atoms with E-state index < -0.39 is 0 Å². The molecular formula is C20H22N6O. The summed E-state index contributed by atoms with van der Waals surface area (Å²) in [7, 11) is 0. The van der Waals surface area contributed by atoms with E-state index in [4.69, 9.17) is 16.1 Å². The number of amides is 1. The fraction of sp³-hybridized carbons (Fsp3) is 0.300. The summed E-state index contributed by atoms with van der Waals surface area (Å²) in [5.74, 6) is -0.0335. The summed E-state index contributed by atoms with van der Waals surface area (Å²) in [4.78, 5) is 16.4. The lowest BCUT2D eigenvalue weighted by Crippen LogP contribution is -2.38. The molecule has 2 heterocycles. The number of aryl methyl sites for hydroxylation is 1. The predicted octanol–water partition coefficient (Wildman–Crippen LogP) is 2.44. The summed E-state index contributed by atoms with van der Waals surface area (Å²) >= 11 is 0. The molecule has 0 aliphatic heterocycles. The Balaban J connectivity index is 2.03. The Hall–Kier alpha value is -3.22. The molecule has 7 heteroatoms. The van der Waals surface area contributed by atoms with Crippen LogP contribution in [0.25, 0.3) is 27.4 Å². The molecule has 0 saturated heterocycles. The molecule has 5 N–H and O–H groups in total. The molecule has 0 radical (unpaired) electrons. The zero-order chi connectivity index (χ0) is 19.1. The van der Waals surface area contributed by atoms with Crippen molar-refractivity contribution in [3.63, 3.8) is 0 Å². The Labute approximate surface area is 156 Å². The summed E-state index contributed by atoms with van der Waals surface area (Å²) in [5, 5.41) is 20.2. The SMILES string of the molecule is CC(=O)NC1CCc2c(c(C(C=N)=C(C)N)nc3ccc4[nH]ncc4c23)C1. The van der Waals surface area contributed by atoms with Crippen LogP contribution in [0.5, 0.6) is 0 Å². The molecule has 0 saturated carbocycles. The van der Waals surface area contributed by atoms with Crippen LogP contribution < -0.4 is 11.1 Å². The number of aromatic nitrogens is 3. The van der Waals surface area contributed by atoms with Crippen LogP contribution in [0.1, 0.15) is 37.1 Å². The van der Waals surface area contributed by atoms with Crippen LogP contribution >= 0.6 is 0 Å². The number of hydrogen-bond donors (Lipinski definition) is 4. The van der Waals surface area contributed by atoms with Gasteiger partial charge < -0.3 is 16.5 Å². The average Bonchev–Trinajstić information content (AvgIpc) is 3.10. The first-order valence-electron chi connectivity index (χ1n) is 9.01. The predicted molar refractivity (Wildman–Crippen MR) is 107 cm³/mol. The number of hydrogen-bond acceptors (Lipinski definition) is 5. The van der Waals surface area contributed by atoms with Gasteiger partial charge in [-0.1, -0.05) is 0 Å². The van der Waals surface area contributed by atoms with E-state index in [1.807, 2.05) is 18.3 Å². The number of rotatable bonds is 3. The van der Waals surface area contributed by atoms with E-state index in [2.05, 4.69) is 15.5 Å². The molecule has 1 aromatic carbocycles. The minimum Gasteiger partial charge on any atom is -0.402 e. The molecule has 0 bridgehead atoms. The largest absolute Gasteiger partial charge is 0.402 e. The maximum atomic E-state index is 11.6. The second-order valence-corrected chi connectivity index (χ2v) is 7.09. The van der Waals surface area contributed by atoms with Crippen LogP contribution in [0.4, 0.5) is 0 Å². The maximum Gasteiger partial charge on any atom is 0.217 e. The molecule has 7 nitrogen and oxygen atoms in total. The van der Waals surface area contributed by atoms with E-state index in [1.165, 1.54) is 18.7 Å². The van der Waals surface area contributed by atoms with Crippen molar-refractivity contribution in [1.82, 2.24) is 20.5 Å². The van der Waals surface area contributed by atoms with Crippen LogP contribution in [0.3, 0.4) is 0 Å². The minimum atomic E-state index is -0.0335. The fourth-order valence-corrected chi connectivity index (χ4v) is 4.06. The zero-order valence-corrected chi connectivity index (χ0v) is 15.4. The zero-order valence-electron chi connectivity index (χ0n) is 15.4. The molecule has 138 valence electrons. The highest BCUT2D eigenvalue weighted by Crippen LogP contribution is 2.36. The summed E-state index contributed by atoms with van der Waals surface area (Å²) < 4.78 is 0. The average molecular weight is 362 g/mol. The van der Waals surface area contributed by atoms with Crippen LogP contribution in [0.2, 0.25) is 0 Å². The first-order valence-corrected chi connectivity index (χ1v) is 9.01. The van der Waals surface area contributed by atoms with Crippen molar-refractivity contribution in [2.75, 3.05) is 0 Å². The Morgan fingerprint density at radius 1 is 1.37 bits per heavy atom. The van der Waals surface area contributed by atoms with Gasteiger partial charge in [-0.25, -0.2) is 4.98 Å². The number of nitrogens with one attached hydrogen (secondary N) is 3. The van der Waals surface area contributed by atoms with Gasteiger partial charge in [-0.3, -0.25) is 9.89 Å². The normalized spacial score (nSPS) is 17.5.